The van der Waals surface area contributed by atoms with Gasteiger partial charge in [0.1, 0.15) is 26.2 Å². The number of unbranched alkanes of at least 4 members (excludes halogenated alkanes) is 10. The van der Waals surface area contributed by atoms with E-state index in [4.69, 9.17) is 4.74 Å². The van der Waals surface area contributed by atoms with E-state index in [0.29, 0.717) is 13.0 Å². The highest BCUT2D eigenvalue weighted by Crippen LogP contribution is 2.12. The molecular weight excluding hydrogens is 408 g/mol. The molecule has 1 rings (SSSR count). The fourth-order valence-electron chi connectivity index (χ4n) is 4.41. The summed E-state index contributed by atoms with van der Waals surface area (Å²) in [7, 11) is 2.20. The smallest absolute Gasteiger partial charge is 0.305 e. The molecule has 0 N–H and O–H groups in total. The maximum absolute atomic E-state index is 12.1. The summed E-state index contributed by atoms with van der Waals surface area (Å²) in [5.74, 6) is 1.41. The van der Waals surface area contributed by atoms with E-state index < -0.39 is 0 Å². The molecule has 1 heterocycles. The molecule has 4 heteroatoms. The summed E-state index contributed by atoms with van der Waals surface area (Å²) >= 11 is 0. The van der Waals surface area contributed by atoms with Crippen molar-refractivity contribution < 1.29 is 14.1 Å². The molecule has 0 aromatic rings. The molecule has 1 aliphatic rings. The zero-order chi connectivity index (χ0) is 24.0. The van der Waals surface area contributed by atoms with Crippen LogP contribution in [-0.4, -0.2) is 54.6 Å². The standard InChI is InChI=1S/C29H53N2O2/c1-4-6-8-10-12-14-16-18-20-22-28-30(3)24-25-31(28)26-27-33-29(32)23-21-19-17-15-13-11-9-7-5-2/h6-9H,4-5,10-27H2,1-3H3/q+1/b8-6+,9-7+. The van der Waals surface area contributed by atoms with E-state index in [9.17, 15) is 4.79 Å². The van der Waals surface area contributed by atoms with Crippen LogP contribution in [-0.2, 0) is 9.53 Å². The Labute approximate surface area is 205 Å². The van der Waals surface area contributed by atoms with Crippen LogP contribution in [0.15, 0.2) is 24.3 Å². The summed E-state index contributed by atoms with van der Waals surface area (Å²) in [4.78, 5) is 14.5. The van der Waals surface area contributed by atoms with Crippen molar-refractivity contribution in [3.05, 3.63) is 24.3 Å². The Kier molecular flexibility index (Phi) is 18.7. The van der Waals surface area contributed by atoms with E-state index >= 15 is 0 Å². The van der Waals surface area contributed by atoms with Gasteiger partial charge in [-0.25, -0.2) is 0 Å². The van der Waals surface area contributed by atoms with Gasteiger partial charge in [0.15, 0.2) is 0 Å². The largest absolute Gasteiger partial charge is 0.462 e. The van der Waals surface area contributed by atoms with Crippen LogP contribution >= 0.6 is 0 Å². The lowest BCUT2D eigenvalue weighted by Crippen LogP contribution is -2.32. The van der Waals surface area contributed by atoms with Gasteiger partial charge in [-0.15, -0.1) is 0 Å². The molecule has 0 fully saturated rings. The van der Waals surface area contributed by atoms with Crippen molar-refractivity contribution in [2.45, 2.75) is 117 Å². The van der Waals surface area contributed by atoms with Crippen molar-refractivity contribution in [2.75, 3.05) is 33.3 Å². The van der Waals surface area contributed by atoms with Crippen LogP contribution in [0, 0.1) is 0 Å². The van der Waals surface area contributed by atoms with Crippen LogP contribution in [0.3, 0.4) is 0 Å². The number of amidine groups is 1. The molecular formula is C29H53N2O2+. The van der Waals surface area contributed by atoms with Gasteiger partial charge in [0.2, 0.25) is 5.84 Å². The van der Waals surface area contributed by atoms with E-state index in [2.05, 4.69) is 54.7 Å². The zero-order valence-corrected chi connectivity index (χ0v) is 22.2. The van der Waals surface area contributed by atoms with Gasteiger partial charge in [-0.3, -0.25) is 14.3 Å². The molecule has 0 bridgehead atoms. The third-order valence-corrected chi connectivity index (χ3v) is 6.46. The van der Waals surface area contributed by atoms with Gasteiger partial charge in [-0.1, -0.05) is 76.7 Å². The van der Waals surface area contributed by atoms with Gasteiger partial charge < -0.3 is 4.74 Å². The maximum Gasteiger partial charge on any atom is 0.305 e. The van der Waals surface area contributed by atoms with Gasteiger partial charge in [-0.05, 0) is 51.4 Å². The Bertz CT molecular complexity index is 580. The molecule has 4 nitrogen and oxygen atoms in total. The van der Waals surface area contributed by atoms with E-state index in [0.717, 1.165) is 51.7 Å². The molecule has 190 valence electrons. The van der Waals surface area contributed by atoms with E-state index in [-0.39, 0.29) is 5.97 Å². The first kappa shape index (κ1) is 29.5. The number of hydrogen-bond donors (Lipinski definition) is 0. The minimum atomic E-state index is -0.0243. The van der Waals surface area contributed by atoms with Crippen molar-refractivity contribution in [3.8, 4) is 0 Å². The monoisotopic (exact) mass is 461 g/mol. The van der Waals surface area contributed by atoms with Crippen molar-refractivity contribution in [1.29, 1.82) is 0 Å². The number of rotatable bonds is 21. The lowest BCUT2D eigenvalue weighted by molar-refractivity contribution is -0.487. The highest BCUT2D eigenvalue weighted by Gasteiger charge is 2.27. The first-order chi connectivity index (χ1) is 16.2. The molecule has 0 spiro atoms. The van der Waals surface area contributed by atoms with Gasteiger partial charge in [0, 0.05) is 12.8 Å². The van der Waals surface area contributed by atoms with E-state index in [1.165, 1.54) is 70.0 Å². The summed E-state index contributed by atoms with van der Waals surface area (Å²) in [6.45, 7) is 7.86. The normalized spacial score (nSPS) is 14.3. The summed E-state index contributed by atoms with van der Waals surface area (Å²) in [5, 5.41) is 0. The fourth-order valence-corrected chi connectivity index (χ4v) is 4.41. The fraction of sp³-hybridized carbons (Fsp3) is 0.793. The van der Waals surface area contributed by atoms with Gasteiger partial charge in [-0.2, -0.15) is 0 Å². The third-order valence-electron chi connectivity index (χ3n) is 6.46. The van der Waals surface area contributed by atoms with Gasteiger partial charge in [0.25, 0.3) is 0 Å². The van der Waals surface area contributed by atoms with Crippen LogP contribution in [0.2, 0.25) is 0 Å². The first-order valence-electron chi connectivity index (χ1n) is 14.0. The topological polar surface area (TPSA) is 32.5 Å². The number of likely N-dealkylation sites (N-methyl/N-ethyl adjacent to an activating group) is 1. The number of carbonyl (C=O) groups excluding carboxylic acids is 1. The Balaban J connectivity index is 2.05. The second-order valence-electron chi connectivity index (χ2n) is 9.42. The molecule has 0 amide bonds. The lowest BCUT2D eigenvalue weighted by atomic mass is 10.1. The van der Waals surface area contributed by atoms with Crippen LogP contribution in [0.25, 0.3) is 0 Å². The molecule has 0 saturated heterocycles. The molecule has 0 unspecified atom stereocenters. The van der Waals surface area contributed by atoms with Crippen LogP contribution < -0.4 is 0 Å². The van der Waals surface area contributed by atoms with Gasteiger partial charge >= 0.3 is 5.97 Å². The number of hydrogen-bond acceptors (Lipinski definition) is 3. The molecule has 0 aromatic carbocycles. The average Bonchev–Trinajstić information content (AvgIpc) is 3.16. The van der Waals surface area contributed by atoms with Crippen LogP contribution in [0.4, 0.5) is 0 Å². The lowest BCUT2D eigenvalue weighted by Gasteiger charge is -2.13. The number of esters is 1. The van der Waals surface area contributed by atoms with Crippen LogP contribution in [0.1, 0.15) is 117 Å². The number of allylic oxidation sites excluding steroid dienone is 4. The highest BCUT2D eigenvalue weighted by atomic mass is 16.5. The molecule has 0 aromatic heterocycles. The van der Waals surface area contributed by atoms with Crippen LogP contribution in [0.5, 0.6) is 0 Å². The van der Waals surface area contributed by atoms with Crippen molar-refractivity contribution >= 4 is 11.8 Å². The third kappa shape index (κ3) is 15.8. The summed E-state index contributed by atoms with van der Waals surface area (Å²) in [6, 6.07) is 0. The first-order valence-corrected chi connectivity index (χ1v) is 14.0. The van der Waals surface area contributed by atoms with E-state index in [1.54, 1.807) is 0 Å². The molecule has 0 saturated carbocycles. The summed E-state index contributed by atoms with van der Waals surface area (Å²) in [5.41, 5.74) is 0. The average molecular weight is 462 g/mol. The molecule has 0 atom stereocenters. The quantitative estimate of drug-likeness (QED) is 0.0779. The predicted molar refractivity (Wildman–Crippen MR) is 142 cm³/mol. The maximum atomic E-state index is 12.1. The highest BCUT2D eigenvalue weighted by molar-refractivity contribution is 5.78. The number of nitrogens with zero attached hydrogens (tertiary/aromatic N) is 2. The summed E-state index contributed by atoms with van der Waals surface area (Å²) < 4.78 is 7.91. The molecule has 0 radical (unpaired) electrons. The minimum absolute atomic E-state index is 0.0243. The Hall–Kier alpha value is -1.58. The Morgan fingerprint density at radius 1 is 0.848 bits per heavy atom. The zero-order valence-electron chi connectivity index (χ0n) is 22.2. The Morgan fingerprint density at radius 3 is 2.06 bits per heavy atom. The second kappa shape index (κ2) is 21.0. The predicted octanol–water partition coefficient (Wildman–Crippen LogP) is 7.28. The Morgan fingerprint density at radius 2 is 1.42 bits per heavy atom. The van der Waals surface area contributed by atoms with E-state index in [1.807, 2.05) is 0 Å². The van der Waals surface area contributed by atoms with Crippen molar-refractivity contribution in [1.82, 2.24) is 4.90 Å². The summed E-state index contributed by atoms with van der Waals surface area (Å²) in [6.07, 6.45) is 28.0. The SMILES string of the molecule is CC/C=C/CCCCCCCC(=O)OCCN1CC[N+](C)=C1CCCCCCC/C=C/CC. The van der Waals surface area contributed by atoms with Crippen molar-refractivity contribution in [2.24, 2.45) is 0 Å². The second-order valence-corrected chi connectivity index (χ2v) is 9.42. The minimum Gasteiger partial charge on any atom is -0.462 e. The molecule has 0 aliphatic carbocycles. The molecule has 1 aliphatic heterocycles. The number of ether oxygens (including phenoxy) is 1. The van der Waals surface area contributed by atoms with Gasteiger partial charge in [0.05, 0.1) is 7.05 Å². The van der Waals surface area contributed by atoms with Crippen molar-refractivity contribution in [3.63, 3.8) is 0 Å². The number of carbonyl (C=O) groups is 1. The molecule has 33 heavy (non-hydrogen) atoms.